The van der Waals surface area contributed by atoms with Crippen LogP contribution in [-0.4, -0.2) is 22.5 Å². The molecule has 0 saturated carbocycles. The molecular weight excluding hydrogens is 396 g/mol. The smallest absolute Gasteiger partial charge is 0.273 e. The Bertz CT molecular complexity index is 1060. The number of nitrogens with one attached hydrogen (secondary N) is 1. The highest BCUT2D eigenvalue weighted by Gasteiger charge is 2.26. The monoisotopic (exact) mass is 410 g/mol. The Labute approximate surface area is 170 Å². The van der Waals surface area contributed by atoms with E-state index in [0.717, 1.165) is 5.56 Å². The molecule has 1 N–H and O–H groups in total. The molecular formula is C20H15ClN4O2S. The molecule has 2 heterocycles. The molecule has 1 aliphatic rings. The van der Waals surface area contributed by atoms with Gasteiger partial charge in [0.05, 0.1) is 11.4 Å². The third-order valence-corrected chi connectivity index (χ3v) is 5.26. The Hall–Kier alpha value is -3.03. The summed E-state index contributed by atoms with van der Waals surface area (Å²) in [5.74, 6) is -0.508. The van der Waals surface area contributed by atoms with Crippen LogP contribution in [0.15, 0.2) is 65.1 Å². The lowest BCUT2D eigenvalue weighted by Crippen LogP contribution is -2.36. The molecule has 2 aromatic carbocycles. The minimum Gasteiger partial charge on any atom is -0.297 e. The minimum atomic E-state index is -0.367. The zero-order valence-corrected chi connectivity index (χ0v) is 16.2. The number of amides is 2. The number of carbonyl (C=O) groups is 2. The van der Waals surface area contributed by atoms with Crippen LogP contribution in [0.3, 0.4) is 0 Å². The van der Waals surface area contributed by atoms with Crippen LogP contribution >= 0.6 is 22.9 Å². The lowest BCUT2D eigenvalue weighted by Gasteiger charge is -2.22. The van der Waals surface area contributed by atoms with Gasteiger partial charge in [-0.05, 0) is 18.2 Å². The SMILES string of the molecule is O=C(Nc1nc(-c2ccccc2Cl)cs1)C1=NN(c2ccccc2)C(=O)CC1. The summed E-state index contributed by atoms with van der Waals surface area (Å²) < 4.78 is 0. The van der Waals surface area contributed by atoms with Crippen LogP contribution in [0, 0.1) is 0 Å². The van der Waals surface area contributed by atoms with E-state index in [-0.39, 0.29) is 30.4 Å². The summed E-state index contributed by atoms with van der Waals surface area (Å²) >= 11 is 7.51. The predicted molar refractivity (Wildman–Crippen MR) is 112 cm³/mol. The first-order valence-electron chi connectivity index (χ1n) is 8.59. The topological polar surface area (TPSA) is 74.7 Å². The Balaban J connectivity index is 1.52. The van der Waals surface area contributed by atoms with Crippen molar-refractivity contribution in [2.45, 2.75) is 12.8 Å². The number of para-hydroxylation sites is 1. The Morgan fingerprint density at radius 3 is 2.61 bits per heavy atom. The van der Waals surface area contributed by atoms with Gasteiger partial charge < -0.3 is 0 Å². The van der Waals surface area contributed by atoms with Gasteiger partial charge in [-0.3, -0.25) is 14.9 Å². The number of anilines is 2. The van der Waals surface area contributed by atoms with Crippen molar-refractivity contribution in [1.29, 1.82) is 0 Å². The number of hydrogen-bond acceptors (Lipinski definition) is 5. The number of hydrazone groups is 1. The van der Waals surface area contributed by atoms with Crippen molar-refractivity contribution < 1.29 is 9.59 Å². The average molecular weight is 411 g/mol. The zero-order chi connectivity index (χ0) is 19.5. The van der Waals surface area contributed by atoms with Gasteiger partial charge in [0.25, 0.3) is 5.91 Å². The first kappa shape index (κ1) is 18.3. The first-order chi connectivity index (χ1) is 13.6. The average Bonchev–Trinajstić information content (AvgIpc) is 3.17. The number of thiazole rings is 1. The molecule has 28 heavy (non-hydrogen) atoms. The fraction of sp³-hybridized carbons (Fsp3) is 0.100. The number of aromatic nitrogens is 1. The van der Waals surface area contributed by atoms with E-state index in [0.29, 0.717) is 21.5 Å². The van der Waals surface area contributed by atoms with Crippen LogP contribution in [-0.2, 0) is 9.59 Å². The third-order valence-electron chi connectivity index (χ3n) is 4.17. The second-order valence-corrected chi connectivity index (χ2v) is 7.32. The molecule has 0 radical (unpaired) electrons. The first-order valence-corrected chi connectivity index (χ1v) is 9.85. The van der Waals surface area contributed by atoms with Crippen molar-refractivity contribution >= 4 is 51.3 Å². The van der Waals surface area contributed by atoms with Crippen LogP contribution in [0.2, 0.25) is 5.02 Å². The van der Waals surface area contributed by atoms with Gasteiger partial charge in [0.15, 0.2) is 5.13 Å². The Morgan fingerprint density at radius 2 is 1.82 bits per heavy atom. The Morgan fingerprint density at radius 1 is 1.07 bits per heavy atom. The van der Waals surface area contributed by atoms with Crippen molar-refractivity contribution in [3.05, 3.63) is 65.0 Å². The van der Waals surface area contributed by atoms with E-state index in [1.807, 2.05) is 41.8 Å². The standard InChI is InChI=1S/C20H15ClN4O2S/c21-15-9-5-4-8-14(15)17-12-28-20(22-17)23-19(27)16-10-11-18(26)25(24-16)13-6-2-1-3-7-13/h1-9,12H,10-11H2,(H,22,23,27). The number of halogens is 1. The van der Waals surface area contributed by atoms with Crippen molar-refractivity contribution in [3.8, 4) is 11.3 Å². The summed E-state index contributed by atoms with van der Waals surface area (Å²) in [6.07, 6.45) is 0.515. The molecule has 0 bridgehead atoms. The van der Waals surface area contributed by atoms with Crippen molar-refractivity contribution in [3.63, 3.8) is 0 Å². The fourth-order valence-corrected chi connectivity index (χ4v) is 3.72. The number of hydrogen-bond donors (Lipinski definition) is 1. The molecule has 6 nitrogen and oxygen atoms in total. The summed E-state index contributed by atoms with van der Waals surface area (Å²) in [6.45, 7) is 0. The molecule has 0 spiro atoms. The molecule has 0 atom stereocenters. The van der Waals surface area contributed by atoms with Crippen LogP contribution in [0.1, 0.15) is 12.8 Å². The highest BCUT2D eigenvalue weighted by molar-refractivity contribution is 7.14. The molecule has 1 aliphatic heterocycles. The number of benzene rings is 2. The predicted octanol–water partition coefficient (Wildman–Crippen LogP) is 4.59. The lowest BCUT2D eigenvalue weighted by molar-refractivity contribution is -0.118. The minimum absolute atomic E-state index is 0.141. The molecule has 8 heteroatoms. The maximum Gasteiger partial charge on any atom is 0.273 e. The van der Waals surface area contributed by atoms with Crippen molar-refractivity contribution in [1.82, 2.24) is 4.98 Å². The van der Waals surface area contributed by atoms with E-state index in [2.05, 4.69) is 15.4 Å². The van der Waals surface area contributed by atoms with Crippen molar-refractivity contribution in [2.24, 2.45) is 5.10 Å². The quantitative estimate of drug-likeness (QED) is 0.683. The number of nitrogens with zero attached hydrogens (tertiary/aromatic N) is 3. The molecule has 0 saturated heterocycles. The second-order valence-electron chi connectivity index (χ2n) is 6.06. The second kappa shape index (κ2) is 7.92. The van der Waals surface area contributed by atoms with Crippen LogP contribution in [0.5, 0.6) is 0 Å². The third kappa shape index (κ3) is 3.81. The maximum atomic E-state index is 12.6. The van der Waals surface area contributed by atoms with Crippen molar-refractivity contribution in [2.75, 3.05) is 10.3 Å². The van der Waals surface area contributed by atoms with E-state index in [9.17, 15) is 9.59 Å². The highest BCUT2D eigenvalue weighted by Crippen LogP contribution is 2.30. The molecule has 0 aliphatic carbocycles. The summed E-state index contributed by atoms with van der Waals surface area (Å²) in [6, 6.07) is 16.4. The number of carbonyl (C=O) groups excluding carboxylic acids is 2. The van der Waals surface area contributed by atoms with Crippen LogP contribution < -0.4 is 10.3 Å². The largest absolute Gasteiger partial charge is 0.297 e. The summed E-state index contributed by atoms with van der Waals surface area (Å²) in [5, 5.41) is 11.2. The Kier molecular flexibility index (Phi) is 5.18. The molecule has 140 valence electrons. The fourth-order valence-electron chi connectivity index (χ4n) is 2.78. The summed E-state index contributed by atoms with van der Waals surface area (Å²) in [5.41, 5.74) is 2.42. The summed E-state index contributed by atoms with van der Waals surface area (Å²) in [4.78, 5) is 29.2. The molecule has 4 rings (SSSR count). The van der Waals surface area contributed by atoms with Gasteiger partial charge in [-0.1, -0.05) is 48.0 Å². The van der Waals surface area contributed by atoms with Crippen LogP contribution in [0.25, 0.3) is 11.3 Å². The molecule has 3 aromatic rings. The van der Waals surface area contributed by atoms with E-state index >= 15 is 0 Å². The van der Waals surface area contributed by atoms with E-state index < -0.39 is 0 Å². The van der Waals surface area contributed by atoms with Crippen LogP contribution in [0.4, 0.5) is 10.8 Å². The molecule has 0 fully saturated rings. The molecule has 0 unspecified atom stereocenters. The van der Waals surface area contributed by atoms with Gasteiger partial charge in [-0.2, -0.15) is 5.10 Å². The number of rotatable bonds is 4. The van der Waals surface area contributed by atoms with Gasteiger partial charge in [-0.15, -0.1) is 11.3 Å². The normalized spacial score (nSPS) is 14.0. The molecule has 1 aromatic heterocycles. The van der Waals surface area contributed by atoms with Gasteiger partial charge >= 0.3 is 0 Å². The molecule has 2 amide bonds. The van der Waals surface area contributed by atoms with E-state index in [4.69, 9.17) is 11.6 Å². The maximum absolute atomic E-state index is 12.6. The zero-order valence-electron chi connectivity index (χ0n) is 14.6. The summed E-state index contributed by atoms with van der Waals surface area (Å²) in [7, 11) is 0. The van der Waals surface area contributed by atoms with Gasteiger partial charge in [-0.25, -0.2) is 9.99 Å². The van der Waals surface area contributed by atoms with Gasteiger partial charge in [0, 0.05) is 28.8 Å². The van der Waals surface area contributed by atoms with E-state index in [1.54, 1.807) is 18.2 Å². The van der Waals surface area contributed by atoms with E-state index in [1.165, 1.54) is 16.3 Å². The lowest BCUT2D eigenvalue weighted by atomic mass is 10.1. The van der Waals surface area contributed by atoms with Gasteiger partial charge in [0.1, 0.15) is 5.71 Å². The highest BCUT2D eigenvalue weighted by atomic mass is 35.5. The van der Waals surface area contributed by atoms with Gasteiger partial charge in [0.2, 0.25) is 5.91 Å².